The van der Waals surface area contributed by atoms with Crippen molar-refractivity contribution in [2.75, 3.05) is 0 Å². The molecular formula is C10H11NO3S. The molecule has 0 spiro atoms. The van der Waals surface area contributed by atoms with Crippen molar-refractivity contribution in [1.29, 1.82) is 0 Å². The first-order chi connectivity index (χ1) is 6.92. The molecular weight excluding hydrogens is 214 g/mol. The molecule has 1 aliphatic heterocycles. The normalized spacial score (nSPS) is 17.7. The van der Waals surface area contributed by atoms with Crippen molar-refractivity contribution in [2.24, 2.45) is 0 Å². The van der Waals surface area contributed by atoms with Crippen LogP contribution in [0, 0.1) is 0 Å². The largest absolute Gasteiger partial charge is 0.268 e. The zero-order valence-corrected chi connectivity index (χ0v) is 9.26. The van der Waals surface area contributed by atoms with Gasteiger partial charge in [0.25, 0.3) is 15.9 Å². The molecule has 0 saturated heterocycles. The number of amides is 1. The Balaban J connectivity index is 2.68. The molecule has 1 aromatic rings. The van der Waals surface area contributed by atoms with Crippen LogP contribution >= 0.6 is 0 Å². The molecule has 0 aliphatic carbocycles. The van der Waals surface area contributed by atoms with Crippen LogP contribution in [0.15, 0.2) is 23.1 Å². The first kappa shape index (κ1) is 10.2. The minimum absolute atomic E-state index is 0.0960. The summed E-state index contributed by atoms with van der Waals surface area (Å²) in [6.07, 6.45) is 0. The maximum atomic E-state index is 11.5. The molecule has 0 bridgehead atoms. The van der Waals surface area contributed by atoms with E-state index in [0.29, 0.717) is 0 Å². The van der Waals surface area contributed by atoms with Gasteiger partial charge in [-0.05, 0) is 23.6 Å². The third-order valence-corrected chi connectivity index (χ3v) is 3.80. The van der Waals surface area contributed by atoms with Gasteiger partial charge in [0.1, 0.15) is 4.90 Å². The molecule has 1 aliphatic rings. The summed E-state index contributed by atoms with van der Waals surface area (Å²) in [6, 6.07) is 4.90. The standard InChI is InChI=1S/C10H11NO3S/c1-6(2)7-3-4-8-9(5-7)15(13,14)11-10(8)12/h3-6H,1-2H3,(H,11,12). The third kappa shape index (κ3) is 1.52. The van der Waals surface area contributed by atoms with Crippen LogP contribution in [-0.2, 0) is 10.0 Å². The van der Waals surface area contributed by atoms with Gasteiger partial charge in [-0.1, -0.05) is 19.9 Å². The fraction of sp³-hybridized carbons (Fsp3) is 0.300. The second-order valence-electron chi connectivity index (χ2n) is 3.84. The van der Waals surface area contributed by atoms with Gasteiger partial charge in [-0.25, -0.2) is 13.1 Å². The smallest absolute Gasteiger partial charge is 0.266 e. The molecule has 1 aromatic carbocycles. The SMILES string of the molecule is CC(C)c1ccc2c(c1)S(=O)(=O)NC2=O. The molecule has 2 rings (SSSR count). The molecule has 1 N–H and O–H groups in total. The van der Waals surface area contributed by atoms with E-state index in [0.717, 1.165) is 5.56 Å². The van der Waals surface area contributed by atoms with Crippen molar-refractivity contribution in [1.82, 2.24) is 4.72 Å². The summed E-state index contributed by atoms with van der Waals surface area (Å²) >= 11 is 0. The van der Waals surface area contributed by atoms with E-state index >= 15 is 0 Å². The highest BCUT2D eigenvalue weighted by atomic mass is 32.2. The van der Waals surface area contributed by atoms with E-state index in [2.05, 4.69) is 0 Å². The molecule has 15 heavy (non-hydrogen) atoms. The number of carbonyl (C=O) groups excluding carboxylic acids is 1. The number of sulfonamides is 1. The molecule has 0 unspecified atom stereocenters. The molecule has 0 atom stereocenters. The van der Waals surface area contributed by atoms with Crippen molar-refractivity contribution in [2.45, 2.75) is 24.7 Å². The molecule has 0 aromatic heterocycles. The first-order valence-electron chi connectivity index (χ1n) is 4.63. The first-order valence-corrected chi connectivity index (χ1v) is 6.11. The van der Waals surface area contributed by atoms with Gasteiger partial charge >= 0.3 is 0 Å². The Kier molecular flexibility index (Phi) is 2.08. The Labute approximate surface area is 88.4 Å². The number of nitrogens with one attached hydrogen (secondary N) is 1. The topological polar surface area (TPSA) is 63.2 Å². The summed E-state index contributed by atoms with van der Waals surface area (Å²) in [4.78, 5) is 11.4. The summed E-state index contributed by atoms with van der Waals surface area (Å²) in [5.41, 5.74) is 1.15. The van der Waals surface area contributed by atoms with Gasteiger partial charge in [-0.15, -0.1) is 0 Å². The summed E-state index contributed by atoms with van der Waals surface area (Å²) in [7, 11) is -3.61. The minimum Gasteiger partial charge on any atom is -0.268 e. The predicted octanol–water partition coefficient (Wildman–Crippen LogP) is 1.24. The van der Waals surface area contributed by atoms with Crippen LogP contribution in [0.1, 0.15) is 35.7 Å². The van der Waals surface area contributed by atoms with E-state index in [-0.39, 0.29) is 16.4 Å². The number of carbonyl (C=O) groups is 1. The maximum Gasteiger partial charge on any atom is 0.266 e. The van der Waals surface area contributed by atoms with Gasteiger partial charge in [0, 0.05) is 0 Å². The van der Waals surface area contributed by atoms with Gasteiger partial charge in [-0.3, -0.25) is 4.79 Å². The Morgan fingerprint density at radius 1 is 1.27 bits per heavy atom. The summed E-state index contributed by atoms with van der Waals surface area (Å²) in [5.74, 6) is -0.304. The van der Waals surface area contributed by atoms with Crippen LogP contribution in [-0.4, -0.2) is 14.3 Å². The van der Waals surface area contributed by atoms with Crippen molar-refractivity contribution in [3.05, 3.63) is 29.3 Å². The van der Waals surface area contributed by atoms with Crippen LogP contribution in [0.4, 0.5) is 0 Å². The van der Waals surface area contributed by atoms with E-state index in [1.54, 1.807) is 18.2 Å². The van der Waals surface area contributed by atoms with Gasteiger partial charge in [0.05, 0.1) is 5.56 Å². The number of benzene rings is 1. The van der Waals surface area contributed by atoms with Crippen molar-refractivity contribution in [3.8, 4) is 0 Å². The summed E-state index contributed by atoms with van der Waals surface area (Å²) in [6.45, 7) is 3.94. The lowest BCUT2D eigenvalue weighted by Crippen LogP contribution is -2.20. The fourth-order valence-electron chi connectivity index (χ4n) is 1.54. The van der Waals surface area contributed by atoms with E-state index in [4.69, 9.17) is 0 Å². The number of rotatable bonds is 1. The van der Waals surface area contributed by atoms with Crippen LogP contribution in [0.3, 0.4) is 0 Å². The van der Waals surface area contributed by atoms with E-state index < -0.39 is 15.9 Å². The lowest BCUT2D eigenvalue weighted by Gasteiger charge is -2.05. The van der Waals surface area contributed by atoms with E-state index in [9.17, 15) is 13.2 Å². The van der Waals surface area contributed by atoms with Crippen molar-refractivity contribution >= 4 is 15.9 Å². The number of hydrogen-bond donors (Lipinski definition) is 1. The molecule has 5 heteroatoms. The van der Waals surface area contributed by atoms with E-state index in [1.165, 1.54) is 0 Å². The van der Waals surface area contributed by atoms with Crippen LogP contribution in [0.25, 0.3) is 0 Å². The third-order valence-electron chi connectivity index (χ3n) is 2.43. The number of hydrogen-bond acceptors (Lipinski definition) is 3. The zero-order valence-electron chi connectivity index (χ0n) is 8.44. The molecule has 0 radical (unpaired) electrons. The summed E-state index contributed by atoms with van der Waals surface area (Å²) < 4.78 is 25.0. The maximum absolute atomic E-state index is 11.5. The van der Waals surface area contributed by atoms with E-state index in [1.807, 2.05) is 18.6 Å². The zero-order chi connectivity index (χ0) is 11.2. The highest BCUT2D eigenvalue weighted by molar-refractivity contribution is 7.90. The molecule has 1 heterocycles. The summed E-state index contributed by atoms with van der Waals surface area (Å²) in [5, 5.41) is 0. The van der Waals surface area contributed by atoms with Crippen molar-refractivity contribution < 1.29 is 13.2 Å². The van der Waals surface area contributed by atoms with Crippen LogP contribution in [0.5, 0.6) is 0 Å². The molecule has 4 nitrogen and oxygen atoms in total. The lowest BCUT2D eigenvalue weighted by molar-refractivity contribution is 0.0985. The quantitative estimate of drug-likeness (QED) is 0.782. The Morgan fingerprint density at radius 3 is 2.53 bits per heavy atom. The fourth-order valence-corrected chi connectivity index (χ4v) is 2.75. The van der Waals surface area contributed by atoms with Gasteiger partial charge in [0.15, 0.2) is 0 Å². The number of fused-ring (bicyclic) bond motifs is 1. The average molecular weight is 225 g/mol. The Bertz CT molecular complexity index is 532. The minimum atomic E-state index is -3.61. The lowest BCUT2D eigenvalue weighted by atomic mass is 10.0. The van der Waals surface area contributed by atoms with Gasteiger partial charge < -0.3 is 0 Å². The van der Waals surface area contributed by atoms with Crippen LogP contribution in [0.2, 0.25) is 0 Å². The van der Waals surface area contributed by atoms with Crippen molar-refractivity contribution in [3.63, 3.8) is 0 Å². The second kappa shape index (κ2) is 3.06. The highest BCUT2D eigenvalue weighted by Gasteiger charge is 2.32. The van der Waals surface area contributed by atoms with Gasteiger partial charge in [-0.2, -0.15) is 0 Å². The highest BCUT2D eigenvalue weighted by Crippen LogP contribution is 2.26. The molecule has 80 valence electrons. The van der Waals surface area contributed by atoms with Crippen LogP contribution < -0.4 is 4.72 Å². The molecule has 0 saturated carbocycles. The monoisotopic (exact) mass is 225 g/mol. The molecule has 1 amide bonds. The van der Waals surface area contributed by atoms with Gasteiger partial charge in [0.2, 0.25) is 0 Å². The Hall–Kier alpha value is -1.36. The Morgan fingerprint density at radius 2 is 1.93 bits per heavy atom. The molecule has 0 fully saturated rings. The predicted molar refractivity (Wildman–Crippen MR) is 55.2 cm³/mol. The average Bonchev–Trinajstić information content (AvgIpc) is 2.37. The second-order valence-corrected chi connectivity index (χ2v) is 5.50.